The molecule has 3 N–H and O–H groups in total. The van der Waals surface area contributed by atoms with Crippen LogP contribution in [0.5, 0.6) is 0 Å². The van der Waals surface area contributed by atoms with Gasteiger partial charge in [0.1, 0.15) is 11.9 Å². The third-order valence-corrected chi connectivity index (χ3v) is 4.01. The predicted molar refractivity (Wildman–Crippen MR) is 87.0 cm³/mol. The van der Waals surface area contributed by atoms with Gasteiger partial charge in [0.15, 0.2) is 0 Å². The van der Waals surface area contributed by atoms with E-state index in [1.807, 2.05) is 26.0 Å². The molecular formula is C17H20N4O2. The highest BCUT2D eigenvalue weighted by molar-refractivity contribution is 5.98. The van der Waals surface area contributed by atoms with Gasteiger partial charge in [-0.3, -0.25) is 9.59 Å². The van der Waals surface area contributed by atoms with Crippen LogP contribution in [0.4, 0.5) is 0 Å². The zero-order valence-electron chi connectivity index (χ0n) is 13.3. The summed E-state index contributed by atoms with van der Waals surface area (Å²) >= 11 is 0. The van der Waals surface area contributed by atoms with Crippen LogP contribution in [0.2, 0.25) is 0 Å². The van der Waals surface area contributed by atoms with Gasteiger partial charge in [0, 0.05) is 23.4 Å². The minimum absolute atomic E-state index is 0.108. The average molecular weight is 312 g/mol. The molecule has 2 heterocycles. The summed E-state index contributed by atoms with van der Waals surface area (Å²) in [5, 5.41) is 5.55. The lowest BCUT2D eigenvalue weighted by molar-refractivity contribution is -0.124. The van der Waals surface area contributed by atoms with Crippen molar-refractivity contribution < 1.29 is 9.59 Å². The van der Waals surface area contributed by atoms with Crippen molar-refractivity contribution in [2.75, 3.05) is 6.54 Å². The number of amides is 2. The zero-order valence-corrected chi connectivity index (χ0v) is 13.3. The maximum atomic E-state index is 12.3. The van der Waals surface area contributed by atoms with Crippen LogP contribution in [0.1, 0.15) is 34.7 Å². The molecule has 1 aliphatic rings. The molecule has 3 rings (SSSR count). The van der Waals surface area contributed by atoms with Crippen molar-refractivity contribution in [1.29, 1.82) is 0 Å². The van der Waals surface area contributed by atoms with E-state index in [9.17, 15) is 9.59 Å². The van der Waals surface area contributed by atoms with Crippen LogP contribution in [0.15, 0.2) is 24.3 Å². The second kappa shape index (κ2) is 6.24. The lowest BCUT2D eigenvalue weighted by atomic mass is 10.0. The first-order valence-corrected chi connectivity index (χ1v) is 7.77. The zero-order chi connectivity index (χ0) is 16.4. The quantitative estimate of drug-likeness (QED) is 0.806. The first-order chi connectivity index (χ1) is 11.0. The van der Waals surface area contributed by atoms with Gasteiger partial charge in [-0.15, -0.1) is 0 Å². The predicted octanol–water partition coefficient (Wildman–Crippen LogP) is 1.70. The van der Waals surface area contributed by atoms with Crippen LogP contribution in [0.25, 0.3) is 11.3 Å². The molecule has 1 fully saturated rings. The highest BCUT2D eigenvalue weighted by Crippen LogP contribution is 2.21. The second-order valence-corrected chi connectivity index (χ2v) is 5.83. The Balaban J connectivity index is 1.72. The van der Waals surface area contributed by atoms with Gasteiger partial charge in [0.25, 0.3) is 5.91 Å². The fourth-order valence-corrected chi connectivity index (χ4v) is 2.82. The third-order valence-electron chi connectivity index (χ3n) is 4.01. The highest BCUT2D eigenvalue weighted by atomic mass is 16.2. The number of aromatic amines is 1. The number of H-pyrrole nitrogens is 1. The molecule has 0 saturated carbocycles. The molecule has 120 valence electrons. The average Bonchev–Trinajstić information content (AvgIpc) is 2.88. The second-order valence-electron chi connectivity index (χ2n) is 5.83. The van der Waals surface area contributed by atoms with Crippen LogP contribution >= 0.6 is 0 Å². The molecule has 0 unspecified atom stereocenters. The van der Waals surface area contributed by atoms with E-state index in [1.54, 1.807) is 12.1 Å². The Bertz CT molecular complexity index is 734. The number of imidazole rings is 1. The van der Waals surface area contributed by atoms with Crippen molar-refractivity contribution in [2.45, 2.75) is 32.7 Å². The van der Waals surface area contributed by atoms with Crippen molar-refractivity contribution in [2.24, 2.45) is 0 Å². The van der Waals surface area contributed by atoms with Crippen molar-refractivity contribution in [1.82, 2.24) is 20.6 Å². The van der Waals surface area contributed by atoms with Crippen LogP contribution < -0.4 is 10.6 Å². The largest absolute Gasteiger partial charge is 0.354 e. The van der Waals surface area contributed by atoms with Crippen molar-refractivity contribution in [3.8, 4) is 11.3 Å². The van der Waals surface area contributed by atoms with E-state index in [0.717, 1.165) is 29.2 Å². The van der Waals surface area contributed by atoms with E-state index >= 15 is 0 Å². The Morgan fingerprint density at radius 2 is 2.00 bits per heavy atom. The Hall–Kier alpha value is -2.63. The highest BCUT2D eigenvalue weighted by Gasteiger charge is 2.23. The maximum absolute atomic E-state index is 12.3. The van der Waals surface area contributed by atoms with E-state index < -0.39 is 6.04 Å². The lowest BCUT2D eigenvalue weighted by Gasteiger charge is -2.22. The van der Waals surface area contributed by atoms with E-state index in [1.165, 1.54) is 0 Å². The summed E-state index contributed by atoms with van der Waals surface area (Å²) in [6.07, 6.45) is 1.56. The molecular weight excluding hydrogens is 292 g/mol. The summed E-state index contributed by atoms with van der Waals surface area (Å²) < 4.78 is 0. The number of nitrogens with one attached hydrogen (secondary N) is 3. The summed E-state index contributed by atoms with van der Waals surface area (Å²) in [4.78, 5) is 31.6. The van der Waals surface area contributed by atoms with Gasteiger partial charge in [-0.2, -0.15) is 0 Å². The summed E-state index contributed by atoms with van der Waals surface area (Å²) in [5.74, 6) is 0.528. The minimum Gasteiger partial charge on any atom is -0.354 e. The molecule has 1 aliphatic heterocycles. The molecule has 1 aromatic carbocycles. The van der Waals surface area contributed by atoms with Crippen molar-refractivity contribution in [3.05, 3.63) is 41.3 Å². The van der Waals surface area contributed by atoms with E-state index in [0.29, 0.717) is 18.5 Å². The fraction of sp³-hybridized carbons (Fsp3) is 0.353. The number of hydrogen-bond donors (Lipinski definition) is 3. The van der Waals surface area contributed by atoms with E-state index in [-0.39, 0.29) is 11.8 Å². The van der Waals surface area contributed by atoms with Gasteiger partial charge in [-0.05, 0) is 38.8 Å². The molecule has 6 nitrogen and oxygen atoms in total. The number of hydrogen-bond acceptors (Lipinski definition) is 3. The molecule has 0 radical (unpaired) electrons. The first kappa shape index (κ1) is 15.3. The summed E-state index contributed by atoms with van der Waals surface area (Å²) in [7, 11) is 0. The van der Waals surface area contributed by atoms with Crippen molar-refractivity contribution >= 4 is 11.8 Å². The molecule has 1 saturated heterocycles. The monoisotopic (exact) mass is 312 g/mol. The number of benzene rings is 1. The third kappa shape index (κ3) is 3.26. The number of carbonyl (C=O) groups is 2. The molecule has 6 heteroatoms. The Labute approximate surface area is 134 Å². The molecule has 0 spiro atoms. The number of nitrogens with zero attached hydrogens (tertiary/aromatic N) is 1. The normalized spacial score (nSPS) is 17.7. The van der Waals surface area contributed by atoms with Gasteiger partial charge < -0.3 is 15.6 Å². The lowest BCUT2D eigenvalue weighted by Crippen LogP contribution is -2.50. The minimum atomic E-state index is -0.438. The maximum Gasteiger partial charge on any atom is 0.251 e. The SMILES string of the molecule is Cc1nc(-c2ccc(C(=O)N[C@H]3CCCNC3=O)cc2)c(C)[nH]1. The van der Waals surface area contributed by atoms with E-state index in [2.05, 4.69) is 20.6 Å². The summed E-state index contributed by atoms with van der Waals surface area (Å²) in [6.45, 7) is 4.56. The molecule has 1 atom stereocenters. The van der Waals surface area contributed by atoms with Gasteiger partial charge in [-0.25, -0.2) is 4.98 Å². The van der Waals surface area contributed by atoms with Gasteiger partial charge in [0.2, 0.25) is 5.91 Å². The Kier molecular flexibility index (Phi) is 4.14. The molecule has 2 amide bonds. The van der Waals surface area contributed by atoms with Crippen molar-refractivity contribution in [3.63, 3.8) is 0 Å². The molecule has 2 aromatic rings. The Morgan fingerprint density at radius 1 is 1.26 bits per heavy atom. The number of aromatic nitrogens is 2. The fourth-order valence-electron chi connectivity index (χ4n) is 2.82. The topological polar surface area (TPSA) is 86.9 Å². The molecule has 1 aromatic heterocycles. The number of rotatable bonds is 3. The van der Waals surface area contributed by atoms with Gasteiger partial charge >= 0.3 is 0 Å². The van der Waals surface area contributed by atoms with Crippen LogP contribution in [0.3, 0.4) is 0 Å². The van der Waals surface area contributed by atoms with Gasteiger partial charge in [-0.1, -0.05) is 12.1 Å². The number of carbonyl (C=O) groups excluding carboxylic acids is 2. The summed E-state index contributed by atoms with van der Waals surface area (Å²) in [5.41, 5.74) is 3.38. The van der Waals surface area contributed by atoms with Crippen LogP contribution in [-0.2, 0) is 4.79 Å². The summed E-state index contributed by atoms with van der Waals surface area (Å²) in [6, 6.07) is 6.83. The first-order valence-electron chi connectivity index (χ1n) is 7.77. The number of piperidine rings is 1. The van der Waals surface area contributed by atoms with Crippen LogP contribution in [0, 0.1) is 13.8 Å². The smallest absolute Gasteiger partial charge is 0.251 e. The standard InChI is InChI=1S/C17H20N4O2/c1-10-15(20-11(2)19-10)12-5-7-13(8-6-12)16(22)21-14-4-3-9-18-17(14)23/h5-8,14H,3-4,9H2,1-2H3,(H,18,23)(H,19,20)(H,21,22)/t14-/m0/s1. The molecule has 23 heavy (non-hydrogen) atoms. The van der Waals surface area contributed by atoms with Crippen LogP contribution in [-0.4, -0.2) is 34.4 Å². The van der Waals surface area contributed by atoms with Gasteiger partial charge in [0.05, 0.1) is 5.69 Å². The molecule has 0 aliphatic carbocycles. The molecule has 0 bridgehead atoms. The Morgan fingerprint density at radius 3 is 2.61 bits per heavy atom. The van der Waals surface area contributed by atoms with E-state index in [4.69, 9.17) is 0 Å². The number of aryl methyl sites for hydroxylation is 2.